The molecule has 0 unspecified atom stereocenters. The molecule has 0 aliphatic carbocycles. The Morgan fingerprint density at radius 3 is 2.67 bits per heavy atom. The molecule has 0 radical (unpaired) electrons. The van der Waals surface area contributed by atoms with Gasteiger partial charge in [0.2, 0.25) is 6.41 Å². The highest BCUT2D eigenvalue weighted by molar-refractivity contribution is 5.73. The Morgan fingerprint density at radius 1 is 1.40 bits per heavy atom. The zero-order chi connectivity index (χ0) is 11.3. The van der Waals surface area contributed by atoms with E-state index in [4.69, 9.17) is 0 Å². The number of carbonyl (C=O) groups is 1. The second-order valence-electron chi connectivity index (χ2n) is 4.08. The summed E-state index contributed by atoms with van der Waals surface area (Å²) < 4.78 is 0. The summed E-state index contributed by atoms with van der Waals surface area (Å²) in [7, 11) is 0. The van der Waals surface area contributed by atoms with Crippen molar-refractivity contribution >= 4 is 12.1 Å². The average molecular weight is 205 g/mol. The van der Waals surface area contributed by atoms with E-state index < -0.39 is 0 Å². The van der Waals surface area contributed by atoms with Crippen LogP contribution in [-0.2, 0) is 11.2 Å². The Labute approximate surface area is 91.7 Å². The van der Waals surface area contributed by atoms with Gasteiger partial charge in [0.15, 0.2) is 0 Å². The van der Waals surface area contributed by atoms with Crippen LogP contribution in [0.1, 0.15) is 44.2 Å². The number of rotatable bonds is 5. The van der Waals surface area contributed by atoms with E-state index in [1.165, 1.54) is 11.1 Å². The molecule has 1 aromatic rings. The van der Waals surface area contributed by atoms with Gasteiger partial charge >= 0.3 is 0 Å². The minimum absolute atomic E-state index is 0.493. The highest BCUT2D eigenvalue weighted by atomic mass is 16.1. The van der Waals surface area contributed by atoms with Crippen molar-refractivity contribution in [3.8, 4) is 0 Å². The van der Waals surface area contributed by atoms with Crippen LogP contribution in [0.5, 0.6) is 0 Å². The molecule has 0 aliphatic rings. The normalized spacial score (nSPS) is 10.4. The van der Waals surface area contributed by atoms with Crippen LogP contribution in [0.4, 0.5) is 5.69 Å². The van der Waals surface area contributed by atoms with E-state index >= 15 is 0 Å². The topological polar surface area (TPSA) is 29.1 Å². The van der Waals surface area contributed by atoms with E-state index in [0.29, 0.717) is 5.92 Å². The minimum Gasteiger partial charge on any atom is -0.328 e. The van der Waals surface area contributed by atoms with Crippen LogP contribution in [0, 0.1) is 0 Å². The largest absolute Gasteiger partial charge is 0.328 e. The van der Waals surface area contributed by atoms with Gasteiger partial charge in [-0.2, -0.15) is 0 Å². The standard InChI is InChI=1S/C13H19NO/c1-4-5-11-6-7-12(10(2)3)8-13(11)14-9-15/h6-10H,4-5H2,1-3H3,(H,14,15). The minimum atomic E-state index is 0.493. The zero-order valence-corrected chi connectivity index (χ0v) is 9.71. The molecule has 0 saturated carbocycles. The molecule has 0 aromatic heterocycles. The van der Waals surface area contributed by atoms with Crippen molar-refractivity contribution in [1.29, 1.82) is 0 Å². The lowest BCUT2D eigenvalue weighted by Gasteiger charge is -2.12. The lowest BCUT2D eigenvalue weighted by Crippen LogP contribution is -2.00. The van der Waals surface area contributed by atoms with Gasteiger partial charge in [0.25, 0.3) is 0 Å². The molecule has 0 aliphatic heterocycles. The molecule has 1 rings (SSSR count). The van der Waals surface area contributed by atoms with Crippen molar-refractivity contribution < 1.29 is 4.79 Å². The number of benzene rings is 1. The molecule has 1 N–H and O–H groups in total. The first-order valence-corrected chi connectivity index (χ1v) is 5.52. The molecule has 15 heavy (non-hydrogen) atoms. The van der Waals surface area contributed by atoms with Crippen LogP contribution < -0.4 is 5.32 Å². The first-order chi connectivity index (χ1) is 7.19. The van der Waals surface area contributed by atoms with Gasteiger partial charge < -0.3 is 5.32 Å². The van der Waals surface area contributed by atoms with Crippen LogP contribution in [-0.4, -0.2) is 6.41 Å². The summed E-state index contributed by atoms with van der Waals surface area (Å²) in [6.45, 7) is 6.44. The predicted molar refractivity (Wildman–Crippen MR) is 64.2 cm³/mol. The van der Waals surface area contributed by atoms with Gasteiger partial charge in [-0.3, -0.25) is 4.79 Å². The number of anilines is 1. The third-order valence-corrected chi connectivity index (χ3v) is 2.53. The molecule has 0 spiro atoms. The average Bonchev–Trinajstić information content (AvgIpc) is 2.21. The summed E-state index contributed by atoms with van der Waals surface area (Å²) in [6.07, 6.45) is 2.85. The van der Waals surface area contributed by atoms with Crippen LogP contribution in [0.25, 0.3) is 0 Å². The number of nitrogens with one attached hydrogen (secondary N) is 1. The maximum Gasteiger partial charge on any atom is 0.211 e. The number of aryl methyl sites for hydroxylation is 1. The maximum absolute atomic E-state index is 10.5. The van der Waals surface area contributed by atoms with Gasteiger partial charge in [-0.05, 0) is 29.5 Å². The van der Waals surface area contributed by atoms with Crippen LogP contribution in [0.15, 0.2) is 18.2 Å². The van der Waals surface area contributed by atoms with Crippen molar-refractivity contribution in [3.63, 3.8) is 0 Å². The molecule has 0 bridgehead atoms. The first-order valence-electron chi connectivity index (χ1n) is 5.52. The van der Waals surface area contributed by atoms with E-state index in [2.05, 4.69) is 44.3 Å². The SMILES string of the molecule is CCCc1ccc(C(C)C)cc1NC=O. The Bertz CT molecular complexity index is 331. The van der Waals surface area contributed by atoms with Crippen molar-refractivity contribution in [2.75, 3.05) is 5.32 Å². The number of hydrogen-bond acceptors (Lipinski definition) is 1. The van der Waals surface area contributed by atoms with E-state index in [9.17, 15) is 4.79 Å². The van der Waals surface area contributed by atoms with Crippen LogP contribution >= 0.6 is 0 Å². The Morgan fingerprint density at radius 2 is 2.13 bits per heavy atom. The molecular formula is C13H19NO. The molecule has 2 nitrogen and oxygen atoms in total. The van der Waals surface area contributed by atoms with E-state index in [1.54, 1.807) is 0 Å². The van der Waals surface area contributed by atoms with Crippen molar-refractivity contribution in [3.05, 3.63) is 29.3 Å². The predicted octanol–water partition coefficient (Wildman–Crippen LogP) is 3.33. The fourth-order valence-corrected chi connectivity index (χ4v) is 1.64. The monoisotopic (exact) mass is 205 g/mol. The molecular weight excluding hydrogens is 186 g/mol. The lowest BCUT2D eigenvalue weighted by molar-refractivity contribution is -0.105. The second kappa shape index (κ2) is 5.54. The van der Waals surface area contributed by atoms with Crippen molar-refractivity contribution in [1.82, 2.24) is 0 Å². The van der Waals surface area contributed by atoms with Gasteiger partial charge in [-0.15, -0.1) is 0 Å². The van der Waals surface area contributed by atoms with Gasteiger partial charge in [0, 0.05) is 5.69 Å². The smallest absolute Gasteiger partial charge is 0.211 e. The second-order valence-corrected chi connectivity index (χ2v) is 4.08. The van der Waals surface area contributed by atoms with Crippen LogP contribution in [0.3, 0.4) is 0 Å². The highest BCUT2D eigenvalue weighted by Crippen LogP contribution is 2.23. The summed E-state index contributed by atoms with van der Waals surface area (Å²) in [5.41, 5.74) is 3.44. The summed E-state index contributed by atoms with van der Waals surface area (Å²) in [5.74, 6) is 0.493. The first kappa shape index (κ1) is 11.8. The van der Waals surface area contributed by atoms with Crippen LogP contribution in [0.2, 0.25) is 0 Å². The van der Waals surface area contributed by atoms with E-state index in [-0.39, 0.29) is 0 Å². The Hall–Kier alpha value is -1.31. The van der Waals surface area contributed by atoms with Gasteiger partial charge in [0.05, 0.1) is 0 Å². The summed E-state index contributed by atoms with van der Waals surface area (Å²) in [5, 5.41) is 2.78. The van der Waals surface area contributed by atoms with Crippen molar-refractivity contribution in [2.24, 2.45) is 0 Å². The fourth-order valence-electron chi connectivity index (χ4n) is 1.64. The Kier molecular flexibility index (Phi) is 4.35. The summed E-state index contributed by atoms with van der Waals surface area (Å²) in [6, 6.07) is 6.33. The molecule has 0 atom stereocenters. The molecule has 82 valence electrons. The fraction of sp³-hybridized carbons (Fsp3) is 0.462. The maximum atomic E-state index is 10.5. The molecule has 1 amide bonds. The van der Waals surface area contributed by atoms with Gasteiger partial charge in [-0.25, -0.2) is 0 Å². The quantitative estimate of drug-likeness (QED) is 0.734. The third kappa shape index (κ3) is 3.08. The van der Waals surface area contributed by atoms with E-state index in [0.717, 1.165) is 24.9 Å². The zero-order valence-electron chi connectivity index (χ0n) is 9.71. The summed E-state index contributed by atoms with van der Waals surface area (Å²) >= 11 is 0. The number of amides is 1. The molecule has 0 fully saturated rings. The van der Waals surface area contributed by atoms with Crippen molar-refractivity contribution in [2.45, 2.75) is 39.5 Å². The van der Waals surface area contributed by atoms with Gasteiger partial charge in [-0.1, -0.05) is 39.3 Å². The Balaban J connectivity index is 3.02. The molecule has 2 heteroatoms. The third-order valence-electron chi connectivity index (χ3n) is 2.53. The summed E-state index contributed by atoms with van der Waals surface area (Å²) in [4.78, 5) is 10.5. The highest BCUT2D eigenvalue weighted by Gasteiger charge is 2.05. The lowest BCUT2D eigenvalue weighted by atomic mass is 9.98. The van der Waals surface area contributed by atoms with E-state index in [1.807, 2.05) is 0 Å². The number of hydrogen-bond donors (Lipinski definition) is 1. The molecule has 0 heterocycles. The molecule has 0 saturated heterocycles. The molecule has 1 aromatic carbocycles. The van der Waals surface area contributed by atoms with Gasteiger partial charge in [0.1, 0.15) is 0 Å². The number of carbonyl (C=O) groups excluding carboxylic acids is 1.